The standard InChI is InChI=1S/C16H23NO4/c1-11(2)12(3)17(13(4)15(18)19)16(20)21-10-14-8-6-5-7-9-14/h5-9,11-13H,10H2,1-4H3,(H,18,19). The summed E-state index contributed by atoms with van der Waals surface area (Å²) in [5, 5.41) is 9.17. The molecule has 2 unspecified atom stereocenters. The van der Waals surface area contributed by atoms with Crippen molar-refractivity contribution in [1.82, 2.24) is 4.90 Å². The molecule has 0 bridgehead atoms. The van der Waals surface area contributed by atoms with E-state index in [0.29, 0.717) is 0 Å². The number of carbonyl (C=O) groups excluding carboxylic acids is 1. The van der Waals surface area contributed by atoms with Gasteiger partial charge < -0.3 is 9.84 Å². The monoisotopic (exact) mass is 293 g/mol. The van der Waals surface area contributed by atoms with Gasteiger partial charge in [0.05, 0.1) is 0 Å². The lowest BCUT2D eigenvalue weighted by Crippen LogP contribution is -2.50. The summed E-state index contributed by atoms with van der Waals surface area (Å²) in [6.45, 7) is 7.33. The lowest BCUT2D eigenvalue weighted by Gasteiger charge is -2.33. The Balaban J connectivity index is 2.78. The number of carboxylic acid groups (broad SMARTS) is 1. The van der Waals surface area contributed by atoms with Gasteiger partial charge in [-0.2, -0.15) is 0 Å². The van der Waals surface area contributed by atoms with Crippen LogP contribution >= 0.6 is 0 Å². The smallest absolute Gasteiger partial charge is 0.411 e. The largest absolute Gasteiger partial charge is 0.480 e. The van der Waals surface area contributed by atoms with Crippen molar-refractivity contribution in [2.24, 2.45) is 5.92 Å². The predicted octanol–water partition coefficient (Wildman–Crippen LogP) is 3.14. The number of hydrogen-bond donors (Lipinski definition) is 1. The van der Waals surface area contributed by atoms with E-state index in [1.54, 1.807) is 0 Å². The molecule has 0 fully saturated rings. The normalized spacial score (nSPS) is 13.6. The van der Waals surface area contributed by atoms with Crippen LogP contribution in [0.2, 0.25) is 0 Å². The van der Waals surface area contributed by atoms with Crippen LogP contribution in [0.15, 0.2) is 30.3 Å². The molecule has 5 heteroatoms. The minimum Gasteiger partial charge on any atom is -0.480 e. The van der Waals surface area contributed by atoms with Crippen molar-refractivity contribution >= 4 is 12.1 Å². The SMILES string of the molecule is CC(C)C(C)N(C(=O)OCc1ccccc1)C(C)C(=O)O. The van der Waals surface area contributed by atoms with Crippen molar-refractivity contribution in [2.75, 3.05) is 0 Å². The van der Waals surface area contributed by atoms with E-state index in [9.17, 15) is 9.59 Å². The van der Waals surface area contributed by atoms with Crippen molar-refractivity contribution in [2.45, 2.75) is 46.4 Å². The highest BCUT2D eigenvalue weighted by Crippen LogP contribution is 2.16. The number of benzene rings is 1. The first-order valence-electron chi connectivity index (χ1n) is 7.06. The summed E-state index contributed by atoms with van der Waals surface area (Å²) in [5.74, 6) is -0.907. The first kappa shape index (κ1) is 17.0. The average molecular weight is 293 g/mol. The Labute approximate surface area is 125 Å². The number of amides is 1. The van der Waals surface area contributed by atoms with Crippen LogP contribution in [0.5, 0.6) is 0 Å². The number of ether oxygens (including phenoxy) is 1. The minimum absolute atomic E-state index is 0.132. The number of carbonyl (C=O) groups is 2. The van der Waals surface area contributed by atoms with Crippen LogP contribution in [0, 0.1) is 5.92 Å². The van der Waals surface area contributed by atoms with Gasteiger partial charge in [-0.3, -0.25) is 4.90 Å². The fraction of sp³-hybridized carbons (Fsp3) is 0.500. The first-order valence-corrected chi connectivity index (χ1v) is 7.06. The van der Waals surface area contributed by atoms with Crippen LogP contribution in [0.4, 0.5) is 4.79 Å². The number of aliphatic carboxylic acids is 1. The molecule has 21 heavy (non-hydrogen) atoms. The maximum Gasteiger partial charge on any atom is 0.411 e. The molecule has 0 heterocycles. The summed E-state index contributed by atoms with van der Waals surface area (Å²) in [7, 11) is 0. The van der Waals surface area contributed by atoms with Gasteiger partial charge in [-0.25, -0.2) is 9.59 Å². The maximum atomic E-state index is 12.2. The van der Waals surface area contributed by atoms with Gasteiger partial charge in [0.15, 0.2) is 0 Å². The number of nitrogens with zero attached hydrogens (tertiary/aromatic N) is 1. The molecule has 0 saturated carbocycles. The summed E-state index contributed by atoms with van der Waals surface area (Å²) >= 11 is 0. The summed E-state index contributed by atoms with van der Waals surface area (Å²) in [6.07, 6.45) is -0.602. The summed E-state index contributed by atoms with van der Waals surface area (Å²) in [4.78, 5) is 24.7. The van der Waals surface area contributed by atoms with Crippen LogP contribution in [0.1, 0.15) is 33.3 Å². The Morgan fingerprint density at radius 2 is 1.71 bits per heavy atom. The number of rotatable bonds is 6. The van der Waals surface area contributed by atoms with Gasteiger partial charge >= 0.3 is 12.1 Å². The Kier molecular flexibility index (Phi) is 6.21. The highest BCUT2D eigenvalue weighted by molar-refractivity contribution is 5.79. The van der Waals surface area contributed by atoms with E-state index >= 15 is 0 Å². The van der Waals surface area contributed by atoms with E-state index < -0.39 is 18.1 Å². The van der Waals surface area contributed by atoms with Gasteiger partial charge in [-0.05, 0) is 25.3 Å². The molecule has 1 rings (SSSR count). The third-order valence-corrected chi connectivity index (χ3v) is 3.59. The average Bonchev–Trinajstić information content (AvgIpc) is 2.45. The Morgan fingerprint density at radius 1 is 1.14 bits per heavy atom. The fourth-order valence-corrected chi connectivity index (χ4v) is 1.91. The summed E-state index contributed by atoms with van der Waals surface area (Å²) in [6, 6.07) is 8.15. The quantitative estimate of drug-likeness (QED) is 0.875. The summed E-state index contributed by atoms with van der Waals surface area (Å²) < 4.78 is 5.26. The van der Waals surface area contributed by atoms with Gasteiger partial charge in [0, 0.05) is 6.04 Å². The van der Waals surface area contributed by atoms with E-state index in [1.165, 1.54) is 11.8 Å². The molecule has 1 aromatic rings. The van der Waals surface area contributed by atoms with Crippen LogP contribution in [0.3, 0.4) is 0 Å². The van der Waals surface area contributed by atoms with Gasteiger partial charge in [0.1, 0.15) is 12.6 Å². The van der Waals surface area contributed by atoms with E-state index in [1.807, 2.05) is 51.1 Å². The molecule has 0 saturated heterocycles. The van der Waals surface area contributed by atoms with E-state index in [0.717, 1.165) is 5.56 Å². The zero-order valence-electron chi connectivity index (χ0n) is 12.9. The molecule has 116 valence electrons. The predicted molar refractivity (Wildman–Crippen MR) is 79.9 cm³/mol. The van der Waals surface area contributed by atoms with E-state index in [2.05, 4.69) is 0 Å². The molecule has 0 radical (unpaired) electrons. The van der Waals surface area contributed by atoms with Gasteiger partial charge in [0.2, 0.25) is 0 Å². The molecule has 0 aliphatic rings. The lowest BCUT2D eigenvalue weighted by molar-refractivity contribution is -0.143. The molecular weight excluding hydrogens is 270 g/mol. The molecule has 0 aliphatic heterocycles. The zero-order valence-corrected chi connectivity index (χ0v) is 12.9. The van der Waals surface area contributed by atoms with Crippen LogP contribution in [-0.4, -0.2) is 34.2 Å². The third-order valence-electron chi connectivity index (χ3n) is 3.59. The minimum atomic E-state index is -1.04. The molecule has 0 aromatic heterocycles. The van der Waals surface area contributed by atoms with Gasteiger partial charge in [0.25, 0.3) is 0 Å². The Morgan fingerprint density at radius 3 is 2.19 bits per heavy atom. The second-order valence-corrected chi connectivity index (χ2v) is 5.45. The molecule has 1 aromatic carbocycles. The van der Waals surface area contributed by atoms with E-state index in [-0.39, 0.29) is 18.6 Å². The molecule has 1 N–H and O–H groups in total. The highest BCUT2D eigenvalue weighted by Gasteiger charge is 2.32. The third kappa shape index (κ3) is 4.77. The van der Waals surface area contributed by atoms with Crippen molar-refractivity contribution in [1.29, 1.82) is 0 Å². The number of hydrogen-bond acceptors (Lipinski definition) is 3. The highest BCUT2D eigenvalue weighted by atomic mass is 16.6. The van der Waals surface area contributed by atoms with Crippen molar-refractivity contribution in [3.63, 3.8) is 0 Å². The Bertz CT molecular complexity index is 472. The van der Waals surface area contributed by atoms with Gasteiger partial charge in [-0.15, -0.1) is 0 Å². The molecular formula is C16H23NO4. The fourth-order valence-electron chi connectivity index (χ4n) is 1.91. The molecule has 0 spiro atoms. The van der Waals surface area contributed by atoms with Gasteiger partial charge in [-0.1, -0.05) is 44.2 Å². The first-order chi connectivity index (χ1) is 9.84. The van der Waals surface area contributed by atoms with E-state index in [4.69, 9.17) is 9.84 Å². The maximum absolute atomic E-state index is 12.2. The lowest BCUT2D eigenvalue weighted by atomic mass is 10.0. The molecule has 2 atom stereocenters. The topological polar surface area (TPSA) is 66.8 Å². The van der Waals surface area contributed by atoms with Crippen LogP contribution in [0.25, 0.3) is 0 Å². The van der Waals surface area contributed by atoms with Crippen molar-refractivity contribution in [3.05, 3.63) is 35.9 Å². The second-order valence-electron chi connectivity index (χ2n) is 5.45. The second kappa shape index (κ2) is 7.67. The summed E-state index contributed by atoms with van der Waals surface area (Å²) in [5.41, 5.74) is 0.867. The Hall–Kier alpha value is -2.04. The number of carboxylic acids is 1. The van der Waals surface area contributed by atoms with Crippen LogP contribution in [-0.2, 0) is 16.1 Å². The van der Waals surface area contributed by atoms with Crippen molar-refractivity contribution < 1.29 is 19.4 Å². The molecule has 1 amide bonds. The zero-order chi connectivity index (χ0) is 16.0. The van der Waals surface area contributed by atoms with Crippen molar-refractivity contribution in [3.8, 4) is 0 Å². The molecule has 5 nitrogen and oxygen atoms in total. The van der Waals surface area contributed by atoms with Crippen LogP contribution < -0.4 is 0 Å². The molecule has 0 aliphatic carbocycles.